The first-order valence-electron chi connectivity index (χ1n) is 12.0. The highest BCUT2D eigenvalue weighted by Gasteiger charge is 2.39. The number of halogens is 6. The summed E-state index contributed by atoms with van der Waals surface area (Å²) in [5, 5.41) is 14.2. The smallest absolute Gasteiger partial charge is 0.490 e. The number of fused-ring (bicyclic) bond motifs is 1. The number of nitrogens with zero attached hydrogens (tertiary/aromatic N) is 4. The minimum Gasteiger partial charge on any atom is -0.495 e. The van der Waals surface area contributed by atoms with Gasteiger partial charge in [-0.25, -0.2) is 14.6 Å². The number of ether oxygens (including phenoxy) is 1. The van der Waals surface area contributed by atoms with Crippen molar-refractivity contribution in [3.63, 3.8) is 0 Å². The van der Waals surface area contributed by atoms with Crippen LogP contribution in [0.4, 0.5) is 26.3 Å². The lowest BCUT2D eigenvalue weighted by molar-refractivity contribution is -0.193. The van der Waals surface area contributed by atoms with Crippen LogP contribution >= 0.6 is 0 Å². The Kier molecular flexibility index (Phi) is 11.1. The van der Waals surface area contributed by atoms with Crippen LogP contribution in [0.1, 0.15) is 47.6 Å². The van der Waals surface area contributed by atoms with Crippen LogP contribution < -0.4 is 4.74 Å². The number of alkyl halides is 6. The highest BCUT2D eigenvalue weighted by molar-refractivity contribution is 5.89. The molecule has 0 bridgehead atoms. The van der Waals surface area contributed by atoms with Gasteiger partial charge < -0.3 is 24.3 Å². The van der Waals surface area contributed by atoms with Gasteiger partial charge in [0, 0.05) is 39.1 Å². The van der Waals surface area contributed by atoms with Crippen LogP contribution in [-0.4, -0.2) is 86.9 Å². The Hall–Kier alpha value is -3.89. The maximum Gasteiger partial charge on any atom is 0.490 e. The SMILES string of the molecule is COc1ccc(CN2CCc3oc(C(=O)N(C)C4CC(C)C4)nc3C2)nc1.O=C(O)C(F)(F)F.O=C(O)C(F)(F)F. The van der Waals surface area contributed by atoms with Crippen LogP contribution in [0.25, 0.3) is 0 Å². The number of hydrogen-bond donors (Lipinski definition) is 2. The molecule has 3 heterocycles. The van der Waals surface area contributed by atoms with Crippen LogP contribution in [-0.2, 0) is 29.1 Å². The molecule has 2 N–H and O–H groups in total. The van der Waals surface area contributed by atoms with Gasteiger partial charge in [-0.05, 0) is 30.9 Å². The van der Waals surface area contributed by atoms with E-state index in [1.165, 1.54) is 0 Å². The average molecular weight is 598 g/mol. The molecule has 0 saturated heterocycles. The van der Waals surface area contributed by atoms with Gasteiger partial charge in [0.15, 0.2) is 0 Å². The predicted molar refractivity (Wildman–Crippen MR) is 127 cm³/mol. The molecule has 0 atom stereocenters. The number of oxazole rings is 1. The number of carboxylic acids is 2. The van der Waals surface area contributed by atoms with Crippen molar-refractivity contribution in [3.05, 3.63) is 41.4 Å². The van der Waals surface area contributed by atoms with E-state index in [4.69, 9.17) is 29.0 Å². The molecule has 41 heavy (non-hydrogen) atoms. The van der Waals surface area contributed by atoms with Crippen LogP contribution in [0.5, 0.6) is 5.75 Å². The van der Waals surface area contributed by atoms with E-state index in [9.17, 15) is 31.1 Å². The molecule has 228 valence electrons. The van der Waals surface area contributed by atoms with Crippen molar-refractivity contribution in [3.8, 4) is 5.75 Å². The lowest BCUT2D eigenvalue weighted by Gasteiger charge is -2.38. The first-order valence-corrected chi connectivity index (χ1v) is 12.0. The lowest BCUT2D eigenvalue weighted by Crippen LogP contribution is -2.44. The Morgan fingerprint density at radius 2 is 1.66 bits per heavy atom. The highest BCUT2D eigenvalue weighted by atomic mass is 19.4. The molecule has 1 fully saturated rings. The Morgan fingerprint density at radius 1 is 1.10 bits per heavy atom. The molecular formula is C24H28F6N4O7. The van der Waals surface area contributed by atoms with Gasteiger partial charge in [-0.15, -0.1) is 0 Å². The standard InChI is InChI=1S/C20H26N4O3.2C2HF3O2/c1-13-8-15(9-13)23(2)20(25)19-22-17-12-24(7-6-18(17)27-19)11-14-4-5-16(26-3)10-21-14;2*3-2(4,5)1(6)7/h4-5,10,13,15H,6-9,11-12H2,1-3H3;2*(H,6,7). The number of aliphatic carboxylic acids is 2. The zero-order valence-corrected chi connectivity index (χ0v) is 22.1. The van der Waals surface area contributed by atoms with E-state index in [0.717, 1.165) is 55.2 Å². The van der Waals surface area contributed by atoms with Gasteiger partial charge in [0.05, 0.1) is 24.7 Å². The van der Waals surface area contributed by atoms with Crippen molar-refractivity contribution in [2.24, 2.45) is 5.92 Å². The molecule has 1 saturated carbocycles. The third-order valence-electron chi connectivity index (χ3n) is 6.11. The molecular weight excluding hydrogens is 570 g/mol. The van der Waals surface area contributed by atoms with Gasteiger partial charge in [-0.3, -0.25) is 14.7 Å². The second kappa shape index (κ2) is 13.6. The number of hydrogen-bond acceptors (Lipinski definition) is 8. The quantitative estimate of drug-likeness (QED) is 0.488. The molecule has 2 aromatic rings. The molecule has 0 radical (unpaired) electrons. The van der Waals surface area contributed by atoms with Crippen LogP contribution in [0.15, 0.2) is 22.7 Å². The maximum atomic E-state index is 12.7. The fourth-order valence-electron chi connectivity index (χ4n) is 3.83. The summed E-state index contributed by atoms with van der Waals surface area (Å²) in [5.41, 5.74) is 1.85. The van der Waals surface area contributed by atoms with E-state index in [-0.39, 0.29) is 11.8 Å². The third-order valence-corrected chi connectivity index (χ3v) is 6.11. The summed E-state index contributed by atoms with van der Waals surface area (Å²) < 4.78 is 74.4. The fourth-order valence-corrected chi connectivity index (χ4v) is 3.83. The topological polar surface area (TPSA) is 146 Å². The van der Waals surface area contributed by atoms with Crippen molar-refractivity contribution in [2.75, 3.05) is 20.7 Å². The molecule has 1 aliphatic carbocycles. The van der Waals surface area contributed by atoms with Crippen LogP contribution in [0.2, 0.25) is 0 Å². The van der Waals surface area contributed by atoms with Gasteiger partial charge >= 0.3 is 30.2 Å². The lowest BCUT2D eigenvalue weighted by atomic mass is 9.81. The summed E-state index contributed by atoms with van der Waals surface area (Å²) >= 11 is 0. The summed E-state index contributed by atoms with van der Waals surface area (Å²) in [6.07, 6.45) is -5.55. The Balaban J connectivity index is 0.000000349. The largest absolute Gasteiger partial charge is 0.495 e. The maximum absolute atomic E-state index is 12.7. The molecule has 4 rings (SSSR count). The summed E-state index contributed by atoms with van der Waals surface area (Å²) in [5.74, 6) is -3.10. The molecule has 2 aliphatic rings. The Bertz CT molecular complexity index is 1170. The number of pyridine rings is 1. The third kappa shape index (κ3) is 9.91. The number of rotatable bonds is 5. The van der Waals surface area contributed by atoms with Crippen LogP contribution in [0, 0.1) is 5.92 Å². The second-order valence-corrected chi connectivity index (χ2v) is 9.29. The highest BCUT2D eigenvalue weighted by Crippen LogP contribution is 2.31. The summed E-state index contributed by atoms with van der Waals surface area (Å²) in [4.78, 5) is 43.5. The van der Waals surface area contributed by atoms with Crippen molar-refractivity contribution >= 4 is 17.8 Å². The molecule has 0 unspecified atom stereocenters. The zero-order chi connectivity index (χ0) is 31.1. The normalized spacial score (nSPS) is 18.4. The number of carbonyl (C=O) groups excluding carboxylic acids is 1. The monoisotopic (exact) mass is 598 g/mol. The van der Waals surface area contributed by atoms with Crippen molar-refractivity contribution in [1.29, 1.82) is 0 Å². The second-order valence-electron chi connectivity index (χ2n) is 9.29. The van der Waals surface area contributed by atoms with Gasteiger partial charge in [-0.1, -0.05) is 6.92 Å². The minimum absolute atomic E-state index is 0.107. The van der Waals surface area contributed by atoms with Crippen LogP contribution in [0.3, 0.4) is 0 Å². The first kappa shape index (κ1) is 33.3. The van der Waals surface area contributed by atoms with Crippen molar-refractivity contribution in [1.82, 2.24) is 19.8 Å². The summed E-state index contributed by atoms with van der Waals surface area (Å²) in [6.45, 7) is 4.48. The van der Waals surface area contributed by atoms with E-state index in [1.54, 1.807) is 18.2 Å². The molecule has 2 aromatic heterocycles. The Morgan fingerprint density at radius 3 is 2.10 bits per heavy atom. The van der Waals surface area contributed by atoms with E-state index >= 15 is 0 Å². The number of carbonyl (C=O) groups is 3. The van der Waals surface area contributed by atoms with Gasteiger partial charge in [-0.2, -0.15) is 26.3 Å². The van der Waals surface area contributed by atoms with E-state index in [0.29, 0.717) is 18.5 Å². The number of methoxy groups -OCH3 is 1. The number of aromatic nitrogens is 2. The van der Waals surface area contributed by atoms with E-state index < -0.39 is 24.3 Å². The number of amides is 1. The van der Waals surface area contributed by atoms with E-state index in [1.807, 2.05) is 19.2 Å². The fraction of sp³-hybridized carbons (Fsp3) is 0.542. The summed E-state index contributed by atoms with van der Waals surface area (Å²) in [7, 11) is 3.49. The summed E-state index contributed by atoms with van der Waals surface area (Å²) in [6, 6.07) is 4.21. The Labute approximate surface area is 229 Å². The zero-order valence-electron chi connectivity index (χ0n) is 22.1. The van der Waals surface area contributed by atoms with Crippen molar-refractivity contribution in [2.45, 2.75) is 57.7 Å². The van der Waals surface area contributed by atoms with E-state index in [2.05, 4.69) is 21.8 Å². The molecule has 0 aromatic carbocycles. The van der Waals surface area contributed by atoms with Crippen molar-refractivity contribution < 1.29 is 60.1 Å². The molecule has 1 aliphatic heterocycles. The molecule has 1 amide bonds. The van der Waals surface area contributed by atoms with Gasteiger partial charge in [0.2, 0.25) is 0 Å². The first-order chi connectivity index (χ1) is 18.9. The minimum atomic E-state index is -5.08. The van der Waals surface area contributed by atoms with Gasteiger partial charge in [0.25, 0.3) is 5.89 Å². The average Bonchev–Trinajstić information content (AvgIpc) is 3.29. The predicted octanol–water partition coefficient (Wildman–Crippen LogP) is 3.77. The van der Waals surface area contributed by atoms with Gasteiger partial charge in [0.1, 0.15) is 11.5 Å². The molecule has 17 heteroatoms. The molecule has 11 nitrogen and oxygen atoms in total. The number of carboxylic acid groups (broad SMARTS) is 2. The molecule has 0 spiro atoms.